The zero-order valence-electron chi connectivity index (χ0n) is 14.8. The van der Waals surface area contributed by atoms with Gasteiger partial charge in [0.1, 0.15) is 5.78 Å². The monoisotopic (exact) mass is 393 g/mol. The minimum Gasteiger partial charge on any atom is -0.468 e. The summed E-state index contributed by atoms with van der Waals surface area (Å²) in [6.45, 7) is -1.35. The molecule has 3 rings (SSSR count). The maximum absolute atomic E-state index is 12.3. The summed E-state index contributed by atoms with van der Waals surface area (Å²) in [7, 11) is 0. The molecule has 2 aromatic rings. The smallest absolute Gasteiger partial charge is 0.422 e. The van der Waals surface area contributed by atoms with Crippen LogP contribution in [0, 0.1) is 5.92 Å². The predicted molar refractivity (Wildman–Crippen MR) is 92.6 cm³/mol. The number of ketones is 1. The molecule has 1 aliphatic rings. The van der Waals surface area contributed by atoms with Crippen molar-refractivity contribution in [3.05, 3.63) is 53.5 Å². The van der Waals surface area contributed by atoms with Crippen molar-refractivity contribution in [1.29, 1.82) is 0 Å². The van der Waals surface area contributed by atoms with E-state index in [1.54, 1.807) is 12.1 Å². The molecule has 1 amide bonds. The highest BCUT2D eigenvalue weighted by molar-refractivity contribution is 5.94. The molecule has 1 fully saturated rings. The van der Waals surface area contributed by atoms with Crippen molar-refractivity contribution in [3.8, 4) is 5.88 Å². The van der Waals surface area contributed by atoms with Crippen LogP contribution in [0.2, 0.25) is 0 Å². The standard InChI is InChI=1S/C19H18F3N3O3/c20-19(21,22)11-28-17-7-12(3-5-24-17)10-25-18(27)14-4-6-23-15(8-14)9-16(26)13-1-2-13/h3-8,13H,1-2,9-11H2,(H,25,27). The summed E-state index contributed by atoms with van der Waals surface area (Å²) >= 11 is 0. The molecule has 0 aliphatic heterocycles. The van der Waals surface area contributed by atoms with Gasteiger partial charge in [0.25, 0.3) is 5.91 Å². The van der Waals surface area contributed by atoms with Crippen molar-refractivity contribution in [3.63, 3.8) is 0 Å². The number of alkyl halides is 3. The second-order valence-corrected chi connectivity index (χ2v) is 6.54. The Bertz CT molecular complexity index is 867. The number of hydrogen-bond acceptors (Lipinski definition) is 5. The minimum atomic E-state index is -4.45. The van der Waals surface area contributed by atoms with Crippen molar-refractivity contribution >= 4 is 11.7 Å². The SMILES string of the molecule is O=C(NCc1ccnc(OCC(F)(F)F)c1)c1ccnc(CC(=O)C2CC2)c1. The Morgan fingerprint density at radius 2 is 1.89 bits per heavy atom. The number of carbonyl (C=O) groups is 2. The fourth-order valence-electron chi connectivity index (χ4n) is 2.52. The lowest BCUT2D eigenvalue weighted by Gasteiger charge is -2.10. The molecule has 2 aromatic heterocycles. The summed E-state index contributed by atoms with van der Waals surface area (Å²) in [5, 5.41) is 2.67. The van der Waals surface area contributed by atoms with Crippen LogP contribution in [0.1, 0.15) is 34.5 Å². The molecule has 6 nitrogen and oxygen atoms in total. The van der Waals surface area contributed by atoms with E-state index in [4.69, 9.17) is 0 Å². The molecule has 0 saturated heterocycles. The highest BCUT2D eigenvalue weighted by atomic mass is 19.4. The van der Waals surface area contributed by atoms with Crippen molar-refractivity contribution < 1.29 is 27.5 Å². The molecule has 9 heteroatoms. The molecular formula is C19H18F3N3O3. The summed E-state index contributed by atoms with van der Waals surface area (Å²) < 4.78 is 41.2. The zero-order valence-corrected chi connectivity index (χ0v) is 14.8. The number of nitrogens with one attached hydrogen (secondary N) is 1. The van der Waals surface area contributed by atoms with Crippen LogP contribution in [0.4, 0.5) is 13.2 Å². The van der Waals surface area contributed by atoms with Crippen molar-refractivity contribution in [2.24, 2.45) is 5.92 Å². The van der Waals surface area contributed by atoms with Gasteiger partial charge in [-0.1, -0.05) is 0 Å². The summed E-state index contributed by atoms with van der Waals surface area (Å²) in [5.41, 5.74) is 1.44. The first-order valence-corrected chi connectivity index (χ1v) is 8.70. The third-order valence-electron chi connectivity index (χ3n) is 4.10. The molecule has 1 aliphatic carbocycles. The minimum absolute atomic E-state index is 0.0857. The predicted octanol–water partition coefficient (Wildman–Crippen LogP) is 2.87. The Hall–Kier alpha value is -2.97. The van der Waals surface area contributed by atoms with Gasteiger partial charge in [-0.3, -0.25) is 14.6 Å². The topological polar surface area (TPSA) is 81.2 Å². The Balaban J connectivity index is 1.56. The largest absolute Gasteiger partial charge is 0.468 e. The third-order valence-corrected chi connectivity index (χ3v) is 4.10. The van der Waals surface area contributed by atoms with E-state index in [-0.39, 0.29) is 36.5 Å². The number of aromatic nitrogens is 2. The number of pyridine rings is 2. The van der Waals surface area contributed by atoms with Crippen LogP contribution in [-0.4, -0.2) is 34.4 Å². The lowest BCUT2D eigenvalue weighted by atomic mass is 10.1. The average molecular weight is 393 g/mol. The van der Waals surface area contributed by atoms with E-state index in [1.807, 2.05) is 0 Å². The number of Topliss-reactive ketones (excluding diaryl/α,β-unsaturated/α-hetero) is 1. The number of carbonyl (C=O) groups excluding carboxylic acids is 2. The Labute approximate surface area is 159 Å². The molecule has 0 radical (unpaired) electrons. The van der Waals surface area contributed by atoms with E-state index in [2.05, 4.69) is 20.0 Å². The van der Waals surface area contributed by atoms with Gasteiger partial charge in [-0.05, 0) is 36.6 Å². The first-order valence-electron chi connectivity index (χ1n) is 8.70. The second-order valence-electron chi connectivity index (χ2n) is 6.54. The molecule has 0 atom stereocenters. The number of nitrogens with zero attached hydrogens (tertiary/aromatic N) is 2. The number of halogens is 3. The van der Waals surface area contributed by atoms with Gasteiger partial charge in [-0.25, -0.2) is 4.98 Å². The van der Waals surface area contributed by atoms with Crippen LogP contribution in [0.25, 0.3) is 0 Å². The Morgan fingerprint density at radius 3 is 2.61 bits per heavy atom. The third kappa shape index (κ3) is 6.04. The lowest BCUT2D eigenvalue weighted by molar-refractivity contribution is -0.154. The van der Waals surface area contributed by atoms with Gasteiger partial charge in [0.2, 0.25) is 5.88 Å². The highest BCUT2D eigenvalue weighted by Crippen LogP contribution is 2.30. The number of ether oxygens (including phenoxy) is 1. The molecule has 1 N–H and O–H groups in total. The molecule has 2 heterocycles. The van der Waals surface area contributed by atoms with Gasteiger partial charge in [-0.2, -0.15) is 13.2 Å². The summed E-state index contributed by atoms with van der Waals surface area (Å²) in [5.74, 6) is -0.293. The lowest BCUT2D eigenvalue weighted by Crippen LogP contribution is -2.23. The fraction of sp³-hybridized carbons (Fsp3) is 0.368. The number of hydrogen-bond donors (Lipinski definition) is 1. The van der Waals surface area contributed by atoms with Crippen LogP contribution >= 0.6 is 0 Å². The molecule has 0 spiro atoms. The summed E-state index contributed by atoms with van der Waals surface area (Å²) in [6.07, 6.45) is 0.363. The van der Waals surface area contributed by atoms with Gasteiger partial charge in [-0.15, -0.1) is 0 Å². The van der Waals surface area contributed by atoms with Crippen molar-refractivity contribution in [1.82, 2.24) is 15.3 Å². The van der Waals surface area contributed by atoms with Gasteiger partial charge in [0.15, 0.2) is 6.61 Å². The molecule has 28 heavy (non-hydrogen) atoms. The normalized spacial score (nSPS) is 13.8. The summed E-state index contributed by atoms with van der Waals surface area (Å²) in [6, 6.07) is 6.00. The summed E-state index contributed by atoms with van der Waals surface area (Å²) in [4.78, 5) is 32.0. The first kappa shape index (κ1) is 19.8. The van der Waals surface area contributed by atoms with Crippen LogP contribution in [0.3, 0.4) is 0 Å². The molecule has 0 aromatic carbocycles. The van der Waals surface area contributed by atoms with Gasteiger partial charge in [0.05, 0.1) is 0 Å². The number of amides is 1. The molecule has 0 unspecified atom stereocenters. The van der Waals surface area contributed by atoms with Crippen molar-refractivity contribution in [2.75, 3.05) is 6.61 Å². The fourth-order valence-corrected chi connectivity index (χ4v) is 2.52. The van der Waals surface area contributed by atoms with Gasteiger partial charge in [0, 0.05) is 48.6 Å². The van der Waals surface area contributed by atoms with E-state index in [0.29, 0.717) is 16.8 Å². The first-order chi connectivity index (χ1) is 13.3. The quantitative estimate of drug-likeness (QED) is 0.746. The number of rotatable bonds is 8. The molecule has 0 bridgehead atoms. The molecule has 1 saturated carbocycles. The van der Waals surface area contributed by atoms with E-state index in [1.165, 1.54) is 24.5 Å². The Morgan fingerprint density at radius 1 is 1.14 bits per heavy atom. The second kappa shape index (κ2) is 8.37. The van der Waals surface area contributed by atoms with Crippen molar-refractivity contribution in [2.45, 2.75) is 32.0 Å². The highest BCUT2D eigenvalue weighted by Gasteiger charge is 2.29. The zero-order chi connectivity index (χ0) is 20.1. The Kier molecular flexibility index (Phi) is 5.91. The van der Waals surface area contributed by atoms with Crippen LogP contribution in [-0.2, 0) is 17.8 Å². The maximum Gasteiger partial charge on any atom is 0.422 e. The van der Waals surface area contributed by atoms with Crippen LogP contribution in [0.5, 0.6) is 5.88 Å². The van der Waals surface area contributed by atoms with E-state index in [9.17, 15) is 22.8 Å². The van der Waals surface area contributed by atoms with Crippen LogP contribution < -0.4 is 10.1 Å². The van der Waals surface area contributed by atoms with E-state index < -0.39 is 12.8 Å². The van der Waals surface area contributed by atoms with Gasteiger partial charge < -0.3 is 10.1 Å². The average Bonchev–Trinajstić information content (AvgIpc) is 3.50. The van der Waals surface area contributed by atoms with E-state index in [0.717, 1.165) is 12.8 Å². The maximum atomic E-state index is 12.3. The van der Waals surface area contributed by atoms with Crippen LogP contribution in [0.15, 0.2) is 36.7 Å². The van der Waals surface area contributed by atoms with E-state index >= 15 is 0 Å². The molecular weight excluding hydrogens is 375 g/mol. The molecule has 148 valence electrons. The van der Waals surface area contributed by atoms with Gasteiger partial charge >= 0.3 is 6.18 Å².